The zero-order valence-electron chi connectivity index (χ0n) is 9.76. The fourth-order valence-electron chi connectivity index (χ4n) is 1.87. The highest BCUT2D eigenvalue weighted by Gasteiger charge is 2.23. The zero-order valence-corrected chi connectivity index (χ0v) is 9.76. The maximum absolute atomic E-state index is 11.3. The number of nitrogens with one attached hydrogen (secondary N) is 1. The Bertz CT molecular complexity index is 376. The normalized spacial score (nSPS) is 12.1. The van der Waals surface area contributed by atoms with E-state index in [2.05, 4.69) is 13.2 Å². The average Bonchev–Trinajstić information content (AvgIpc) is 2.31. The van der Waals surface area contributed by atoms with Gasteiger partial charge in [0.1, 0.15) is 5.97 Å². The van der Waals surface area contributed by atoms with Gasteiger partial charge in [0.2, 0.25) is 0 Å². The molecule has 1 atom stereocenters. The summed E-state index contributed by atoms with van der Waals surface area (Å²) in [6.07, 6.45) is 3.41. The van der Waals surface area contributed by atoms with Crippen LogP contribution < -0.4 is 10.0 Å². The van der Waals surface area contributed by atoms with Crippen molar-refractivity contribution in [2.24, 2.45) is 0 Å². The third-order valence-corrected chi connectivity index (χ3v) is 2.59. The Morgan fingerprint density at radius 1 is 1.24 bits per heavy atom. The van der Waals surface area contributed by atoms with Crippen molar-refractivity contribution in [2.45, 2.75) is 6.04 Å². The largest absolute Gasteiger partial charge is 0.544 e. The van der Waals surface area contributed by atoms with E-state index in [1.165, 1.54) is 0 Å². The molecule has 1 aromatic rings. The first-order chi connectivity index (χ1) is 8.20. The number of carboxylic acid groups (broad SMARTS) is 1. The molecule has 0 spiro atoms. The Morgan fingerprint density at radius 3 is 2.18 bits per heavy atom. The van der Waals surface area contributed by atoms with Crippen molar-refractivity contribution in [3.63, 3.8) is 0 Å². The summed E-state index contributed by atoms with van der Waals surface area (Å²) in [5, 5.41) is 11.3. The van der Waals surface area contributed by atoms with E-state index in [1.54, 1.807) is 24.3 Å². The van der Waals surface area contributed by atoms with Crippen LogP contribution >= 0.6 is 0 Å². The molecule has 0 amide bonds. The highest BCUT2D eigenvalue weighted by atomic mass is 16.4. The lowest BCUT2D eigenvalue weighted by atomic mass is 10.1. The van der Waals surface area contributed by atoms with Crippen molar-refractivity contribution in [1.29, 1.82) is 0 Å². The van der Waals surface area contributed by atoms with Crippen molar-refractivity contribution in [3.05, 3.63) is 61.2 Å². The number of hydrogen-bond donors (Lipinski definition) is 1. The molecular weight excluding hydrogens is 214 g/mol. The fourth-order valence-corrected chi connectivity index (χ4v) is 1.87. The molecule has 0 fully saturated rings. The topological polar surface area (TPSA) is 44.6 Å². The van der Waals surface area contributed by atoms with Crippen molar-refractivity contribution in [2.75, 3.05) is 13.1 Å². The van der Waals surface area contributed by atoms with Gasteiger partial charge >= 0.3 is 0 Å². The van der Waals surface area contributed by atoms with Gasteiger partial charge in [-0.05, 0) is 12.2 Å². The smallest absolute Gasteiger partial charge is 0.154 e. The zero-order chi connectivity index (χ0) is 12.7. The highest BCUT2D eigenvalue weighted by molar-refractivity contribution is 5.71. The Kier molecular flexibility index (Phi) is 5.17. The molecule has 0 heterocycles. The maximum Gasteiger partial charge on any atom is 0.154 e. The van der Waals surface area contributed by atoms with Gasteiger partial charge in [0.25, 0.3) is 0 Å². The number of hydrogen-bond acceptors (Lipinski definition) is 2. The molecule has 0 aliphatic heterocycles. The lowest BCUT2D eigenvalue weighted by Gasteiger charge is -2.27. The Labute approximate surface area is 102 Å². The van der Waals surface area contributed by atoms with Crippen molar-refractivity contribution >= 4 is 5.97 Å². The molecule has 1 rings (SSSR count). The molecule has 1 N–H and O–H groups in total. The summed E-state index contributed by atoms with van der Waals surface area (Å²) >= 11 is 0. The van der Waals surface area contributed by atoms with Gasteiger partial charge < -0.3 is 14.8 Å². The van der Waals surface area contributed by atoms with Crippen LogP contribution in [0.25, 0.3) is 0 Å². The summed E-state index contributed by atoms with van der Waals surface area (Å²) < 4.78 is 0. The molecule has 0 aliphatic carbocycles. The minimum absolute atomic E-state index is 0.555. The van der Waals surface area contributed by atoms with E-state index in [0.29, 0.717) is 13.1 Å². The molecule has 3 nitrogen and oxygen atoms in total. The molecule has 0 saturated carbocycles. The van der Waals surface area contributed by atoms with Crippen LogP contribution in [0.15, 0.2) is 55.6 Å². The van der Waals surface area contributed by atoms with Crippen molar-refractivity contribution in [3.8, 4) is 0 Å². The van der Waals surface area contributed by atoms with Gasteiger partial charge in [-0.25, -0.2) is 0 Å². The second-order valence-corrected chi connectivity index (χ2v) is 3.81. The first kappa shape index (κ1) is 13.2. The quantitative estimate of drug-likeness (QED) is 0.657. The molecule has 0 saturated heterocycles. The van der Waals surface area contributed by atoms with Gasteiger partial charge in [0.15, 0.2) is 6.04 Å². The van der Waals surface area contributed by atoms with E-state index < -0.39 is 12.0 Å². The van der Waals surface area contributed by atoms with Crippen LogP contribution in [0.4, 0.5) is 0 Å². The number of benzene rings is 1. The summed E-state index contributed by atoms with van der Waals surface area (Å²) in [6, 6.07) is 8.41. The van der Waals surface area contributed by atoms with E-state index in [0.717, 1.165) is 10.5 Å². The van der Waals surface area contributed by atoms with Crippen molar-refractivity contribution < 1.29 is 14.8 Å². The minimum Gasteiger partial charge on any atom is -0.544 e. The SMILES string of the molecule is C=CC[NH+](CC=C)[C@H](C(=O)[O-])c1ccccc1. The van der Waals surface area contributed by atoms with Gasteiger partial charge in [-0.1, -0.05) is 43.5 Å². The summed E-state index contributed by atoms with van der Waals surface area (Å²) in [5.74, 6) is -1.07. The number of carboxylic acids is 1. The first-order valence-corrected chi connectivity index (χ1v) is 5.53. The van der Waals surface area contributed by atoms with E-state index >= 15 is 0 Å². The van der Waals surface area contributed by atoms with Gasteiger partial charge in [0.05, 0.1) is 13.1 Å². The summed E-state index contributed by atoms with van der Waals surface area (Å²) in [6.45, 7) is 8.41. The number of carbonyl (C=O) groups is 1. The Balaban J connectivity index is 3.01. The molecule has 0 unspecified atom stereocenters. The van der Waals surface area contributed by atoms with Crippen LogP contribution in [0.1, 0.15) is 11.6 Å². The van der Waals surface area contributed by atoms with Crippen LogP contribution in [-0.4, -0.2) is 19.1 Å². The molecule has 3 heteroatoms. The van der Waals surface area contributed by atoms with Gasteiger partial charge in [0, 0.05) is 5.56 Å². The molecule has 0 radical (unpaired) electrons. The summed E-state index contributed by atoms with van der Waals surface area (Å²) in [5.41, 5.74) is 0.742. The first-order valence-electron chi connectivity index (χ1n) is 5.53. The van der Waals surface area contributed by atoms with Crippen LogP contribution in [-0.2, 0) is 4.79 Å². The summed E-state index contributed by atoms with van der Waals surface area (Å²) in [7, 11) is 0. The number of quaternary nitrogens is 1. The highest BCUT2D eigenvalue weighted by Crippen LogP contribution is 2.08. The molecule has 90 valence electrons. The molecule has 17 heavy (non-hydrogen) atoms. The summed E-state index contributed by atoms with van der Waals surface area (Å²) in [4.78, 5) is 12.1. The minimum atomic E-state index is -1.07. The van der Waals surface area contributed by atoms with E-state index in [9.17, 15) is 9.90 Å². The average molecular weight is 231 g/mol. The van der Waals surface area contributed by atoms with Gasteiger partial charge in [-0.2, -0.15) is 0 Å². The number of rotatable bonds is 7. The lowest BCUT2D eigenvalue weighted by Crippen LogP contribution is -3.13. The fraction of sp³-hybridized carbons (Fsp3) is 0.214. The number of aliphatic carboxylic acids is 1. The molecule has 0 bridgehead atoms. The lowest BCUT2D eigenvalue weighted by molar-refractivity contribution is -0.913. The standard InChI is InChI=1S/C14H17NO2/c1-3-10-15(11-4-2)13(14(16)17)12-8-6-5-7-9-12/h3-9,13H,1-2,10-11H2,(H,16,17)/t13-/m0/s1. The van der Waals surface area contributed by atoms with Gasteiger partial charge in [-0.3, -0.25) is 0 Å². The number of carbonyl (C=O) groups excluding carboxylic acids is 1. The molecule has 1 aromatic carbocycles. The van der Waals surface area contributed by atoms with Gasteiger partial charge in [-0.15, -0.1) is 0 Å². The van der Waals surface area contributed by atoms with Crippen LogP contribution in [0.2, 0.25) is 0 Å². The van der Waals surface area contributed by atoms with Crippen LogP contribution in [0.5, 0.6) is 0 Å². The van der Waals surface area contributed by atoms with E-state index in [4.69, 9.17) is 0 Å². The Hall–Kier alpha value is -1.87. The molecule has 0 aromatic heterocycles. The van der Waals surface area contributed by atoms with E-state index in [-0.39, 0.29) is 0 Å². The van der Waals surface area contributed by atoms with Crippen LogP contribution in [0, 0.1) is 0 Å². The Morgan fingerprint density at radius 2 is 1.76 bits per heavy atom. The van der Waals surface area contributed by atoms with Crippen molar-refractivity contribution in [1.82, 2.24) is 0 Å². The predicted octanol–water partition coefficient (Wildman–Crippen LogP) is -0.265. The molecule has 0 aliphatic rings. The second kappa shape index (κ2) is 6.66. The third-order valence-electron chi connectivity index (χ3n) is 2.59. The maximum atomic E-state index is 11.3. The third kappa shape index (κ3) is 3.57. The van der Waals surface area contributed by atoms with Crippen LogP contribution in [0.3, 0.4) is 0 Å². The second-order valence-electron chi connectivity index (χ2n) is 3.81. The van der Waals surface area contributed by atoms with E-state index in [1.807, 2.05) is 18.2 Å². The predicted molar refractivity (Wildman–Crippen MR) is 65.3 cm³/mol. The molecular formula is C14H17NO2. The monoisotopic (exact) mass is 231 g/mol.